The van der Waals surface area contributed by atoms with Crippen molar-refractivity contribution in [3.05, 3.63) is 59.8 Å². The number of carbonyl (C=O) groups is 2. The van der Waals surface area contributed by atoms with Crippen LogP contribution in [0.1, 0.15) is 30.4 Å². The monoisotopic (exact) mass is 548 g/mol. The molecule has 0 aliphatic carbocycles. The summed E-state index contributed by atoms with van der Waals surface area (Å²) in [5.74, 6) is -0.109. The van der Waals surface area contributed by atoms with Crippen LogP contribution in [0.3, 0.4) is 0 Å². The zero-order chi connectivity index (χ0) is 27.1. The molecule has 1 aromatic heterocycles. The number of morpholine rings is 1. The Morgan fingerprint density at radius 3 is 2.51 bits per heavy atom. The van der Waals surface area contributed by atoms with Crippen LogP contribution in [0.5, 0.6) is 0 Å². The number of amides is 2. The summed E-state index contributed by atoms with van der Waals surface area (Å²) in [7, 11) is -2.03. The zero-order valence-electron chi connectivity index (χ0n) is 22.0. The van der Waals surface area contributed by atoms with Crippen LogP contribution >= 0.6 is 0 Å². The molecule has 0 spiro atoms. The predicted octanol–water partition coefficient (Wildman–Crippen LogP) is 3.19. The van der Waals surface area contributed by atoms with Crippen molar-refractivity contribution in [2.75, 3.05) is 51.3 Å². The number of likely N-dealkylation sites (N-methyl/N-ethyl adjacent to an activating group) is 1. The van der Waals surface area contributed by atoms with Crippen LogP contribution in [0.4, 0.5) is 5.69 Å². The highest BCUT2D eigenvalue weighted by Crippen LogP contribution is 2.39. The number of piperidine rings is 1. The molecule has 3 aromatic rings. The number of carbonyl (C=O) groups excluding carboxylic acids is 2. The molecule has 204 valence electrons. The molecule has 2 fully saturated rings. The quantitative estimate of drug-likeness (QED) is 0.457. The van der Waals surface area contributed by atoms with E-state index in [1.165, 1.54) is 4.31 Å². The van der Waals surface area contributed by atoms with Gasteiger partial charge in [0.25, 0.3) is 5.91 Å². The molecule has 0 bridgehead atoms. The first-order valence-corrected chi connectivity index (χ1v) is 14.9. The van der Waals surface area contributed by atoms with E-state index in [1.807, 2.05) is 46.0 Å². The zero-order valence-corrected chi connectivity index (χ0v) is 22.8. The van der Waals surface area contributed by atoms with Gasteiger partial charge in [0, 0.05) is 67.0 Å². The van der Waals surface area contributed by atoms with E-state index in [4.69, 9.17) is 4.74 Å². The number of hydrogen-bond donors (Lipinski definition) is 0. The fourth-order valence-electron chi connectivity index (χ4n) is 5.73. The Bertz CT molecular complexity index is 1580. The first-order chi connectivity index (χ1) is 18.8. The fourth-order valence-corrected chi connectivity index (χ4v) is 7.16. The summed E-state index contributed by atoms with van der Waals surface area (Å²) in [5.41, 5.74) is 3.39. The molecule has 0 N–H and O–H groups in total. The Morgan fingerprint density at radius 2 is 1.74 bits per heavy atom. The Hall–Kier alpha value is -3.47. The van der Waals surface area contributed by atoms with E-state index in [1.54, 1.807) is 30.1 Å². The van der Waals surface area contributed by atoms with Crippen LogP contribution in [0.15, 0.2) is 53.6 Å². The number of para-hydroxylation sites is 1. The van der Waals surface area contributed by atoms with Gasteiger partial charge in [0.2, 0.25) is 15.9 Å². The summed E-state index contributed by atoms with van der Waals surface area (Å²) in [5, 5.41) is 0.928. The Kier molecular flexibility index (Phi) is 6.78. The normalized spacial score (nSPS) is 19.7. The topological polar surface area (TPSA) is 92.2 Å². The minimum absolute atomic E-state index is 0.0923. The van der Waals surface area contributed by atoms with Gasteiger partial charge in [-0.15, -0.1) is 0 Å². The van der Waals surface area contributed by atoms with Gasteiger partial charge >= 0.3 is 0 Å². The lowest BCUT2D eigenvalue weighted by Gasteiger charge is -2.27. The number of ether oxygens (including phenoxy) is 1. The lowest BCUT2D eigenvalue weighted by molar-refractivity contribution is -0.132. The molecule has 10 heteroatoms. The molecule has 3 aliphatic heterocycles. The average molecular weight is 549 g/mol. The van der Waals surface area contributed by atoms with Crippen molar-refractivity contribution in [1.29, 1.82) is 0 Å². The molecular weight excluding hydrogens is 516 g/mol. The highest BCUT2D eigenvalue weighted by Gasteiger charge is 2.33. The minimum Gasteiger partial charge on any atom is -0.379 e. The van der Waals surface area contributed by atoms with E-state index in [2.05, 4.69) is 0 Å². The third kappa shape index (κ3) is 4.66. The lowest BCUT2D eigenvalue weighted by atomic mass is 10.0. The van der Waals surface area contributed by atoms with Crippen molar-refractivity contribution < 1.29 is 22.7 Å². The van der Waals surface area contributed by atoms with E-state index in [0.717, 1.165) is 48.8 Å². The van der Waals surface area contributed by atoms with Crippen LogP contribution in [-0.2, 0) is 30.9 Å². The van der Waals surface area contributed by atoms with Crippen molar-refractivity contribution in [1.82, 2.24) is 13.8 Å². The summed E-state index contributed by atoms with van der Waals surface area (Å²) in [6, 6.07) is 12.7. The number of sulfonamides is 1. The molecule has 0 unspecified atom stereocenters. The molecule has 2 aromatic carbocycles. The summed E-state index contributed by atoms with van der Waals surface area (Å²) in [4.78, 5) is 30.1. The van der Waals surface area contributed by atoms with Crippen LogP contribution in [0, 0.1) is 0 Å². The lowest BCUT2D eigenvalue weighted by Crippen LogP contribution is -2.40. The van der Waals surface area contributed by atoms with Crippen molar-refractivity contribution in [2.24, 2.45) is 0 Å². The second kappa shape index (κ2) is 10.3. The van der Waals surface area contributed by atoms with E-state index < -0.39 is 10.0 Å². The summed E-state index contributed by atoms with van der Waals surface area (Å²) >= 11 is 0. The highest BCUT2D eigenvalue weighted by atomic mass is 32.2. The third-order valence-corrected chi connectivity index (χ3v) is 9.79. The van der Waals surface area contributed by atoms with Crippen molar-refractivity contribution >= 4 is 50.1 Å². The van der Waals surface area contributed by atoms with Gasteiger partial charge < -0.3 is 19.1 Å². The van der Waals surface area contributed by atoms with Gasteiger partial charge in [-0.2, -0.15) is 4.31 Å². The van der Waals surface area contributed by atoms with Crippen LogP contribution in [0.25, 0.3) is 22.6 Å². The largest absolute Gasteiger partial charge is 0.379 e. The third-order valence-electron chi connectivity index (χ3n) is 7.90. The molecule has 2 amide bonds. The SMILES string of the molecule is CN1C(=O)C(=Cc2cn(CC(=O)N3CCCCC3)c3ccccc23)c2cc(S(=O)(=O)N3CCOCC3)ccc21. The fraction of sp³-hybridized carbons (Fsp3) is 0.379. The average Bonchev–Trinajstić information content (AvgIpc) is 3.43. The number of aromatic nitrogens is 1. The van der Waals surface area contributed by atoms with Gasteiger partial charge in [-0.05, 0) is 49.6 Å². The van der Waals surface area contributed by atoms with E-state index in [-0.39, 0.29) is 23.3 Å². The predicted molar refractivity (Wildman–Crippen MR) is 150 cm³/mol. The second-order valence-corrected chi connectivity index (χ2v) is 12.2. The first kappa shape index (κ1) is 25.8. The van der Waals surface area contributed by atoms with Gasteiger partial charge in [-0.25, -0.2) is 8.42 Å². The van der Waals surface area contributed by atoms with Crippen molar-refractivity contribution in [2.45, 2.75) is 30.7 Å². The van der Waals surface area contributed by atoms with Gasteiger partial charge in [0.05, 0.1) is 23.8 Å². The maximum Gasteiger partial charge on any atom is 0.258 e. The number of likely N-dealkylation sites (tertiary alicyclic amines) is 1. The summed E-state index contributed by atoms with van der Waals surface area (Å²) in [6.45, 7) is 3.15. The van der Waals surface area contributed by atoms with Crippen molar-refractivity contribution in [3.8, 4) is 0 Å². The molecule has 3 aliphatic rings. The molecule has 0 radical (unpaired) electrons. The Balaban J connectivity index is 1.38. The van der Waals surface area contributed by atoms with Crippen LogP contribution in [-0.4, -0.2) is 80.4 Å². The number of nitrogens with zero attached hydrogens (tertiary/aromatic N) is 4. The highest BCUT2D eigenvalue weighted by molar-refractivity contribution is 7.89. The van der Waals surface area contributed by atoms with Gasteiger partial charge in [-0.3, -0.25) is 9.59 Å². The number of anilines is 1. The van der Waals surface area contributed by atoms with E-state index >= 15 is 0 Å². The molecule has 2 saturated heterocycles. The molecule has 6 rings (SSSR count). The maximum absolute atomic E-state index is 13.4. The Morgan fingerprint density at radius 1 is 1.00 bits per heavy atom. The first-order valence-electron chi connectivity index (χ1n) is 13.4. The number of benzene rings is 2. The smallest absolute Gasteiger partial charge is 0.258 e. The van der Waals surface area contributed by atoms with E-state index in [9.17, 15) is 18.0 Å². The standard InChI is InChI=1S/C29H32N4O5S/c1-30-26-10-9-22(39(36,37)33-13-15-38-16-14-33)18-24(26)25(29(30)35)17-21-19-32(27-8-4-3-7-23(21)27)20-28(34)31-11-5-2-6-12-31/h3-4,7-10,17-19H,2,5-6,11-16,20H2,1H3. The minimum atomic E-state index is -3.72. The molecule has 0 saturated carbocycles. The Labute approximate surface area is 228 Å². The molecule has 0 atom stereocenters. The van der Waals surface area contributed by atoms with E-state index in [0.29, 0.717) is 43.1 Å². The summed E-state index contributed by atoms with van der Waals surface area (Å²) < 4.78 is 35.4. The summed E-state index contributed by atoms with van der Waals surface area (Å²) in [6.07, 6.45) is 6.97. The van der Waals surface area contributed by atoms with Crippen molar-refractivity contribution in [3.63, 3.8) is 0 Å². The van der Waals surface area contributed by atoms with Gasteiger partial charge in [-0.1, -0.05) is 18.2 Å². The number of fused-ring (bicyclic) bond motifs is 2. The van der Waals surface area contributed by atoms with Crippen LogP contribution < -0.4 is 4.90 Å². The molecule has 39 heavy (non-hydrogen) atoms. The molecule has 4 heterocycles. The van der Waals surface area contributed by atoms with Gasteiger partial charge in [0.1, 0.15) is 6.54 Å². The number of hydrogen-bond acceptors (Lipinski definition) is 5. The molecular formula is C29H32N4O5S. The second-order valence-electron chi connectivity index (χ2n) is 10.3. The number of rotatable bonds is 5. The maximum atomic E-state index is 13.4. The van der Waals surface area contributed by atoms with Crippen LogP contribution in [0.2, 0.25) is 0 Å². The molecule has 9 nitrogen and oxygen atoms in total. The van der Waals surface area contributed by atoms with Gasteiger partial charge in [0.15, 0.2) is 0 Å².